The highest BCUT2D eigenvalue weighted by Crippen LogP contribution is 2.31. The van der Waals surface area contributed by atoms with Crippen molar-refractivity contribution in [2.45, 2.75) is 64.3 Å². The summed E-state index contributed by atoms with van der Waals surface area (Å²) in [5.41, 5.74) is 2.59. The van der Waals surface area contributed by atoms with Gasteiger partial charge in [-0.05, 0) is 33.1 Å². The molecule has 2 aliphatic rings. The molecule has 0 amide bonds. The Balaban J connectivity index is 1.77. The minimum Gasteiger partial charge on any atom is -0.461 e. The number of carbonyl (C=O) groups excluding carboxylic acids is 1. The van der Waals surface area contributed by atoms with E-state index in [-0.39, 0.29) is 24.2 Å². The molecule has 1 aliphatic heterocycles. The van der Waals surface area contributed by atoms with Crippen molar-refractivity contribution in [3.63, 3.8) is 0 Å². The zero-order valence-electron chi connectivity index (χ0n) is 11.6. The monoisotopic (exact) mass is 263 g/mol. The summed E-state index contributed by atoms with van der Waals surface area (Å²) in [7, 11) is 0. The van der Waals surface area contributed by atoms with Gasteiger partial charge in [0.2, 0.25) is 0 Å². The van der Waals surface area contributed by atoms with Crippen molar-refractivity contribution in [1.29, 1.82) is 0 Å². The van der Waals surface area contributed by atoms with Gasteiger partial charge in [0.05, 0.1) is 6.20 Å². The standard InChI is InChI=1S/C14H21N3O2/c1-3-17-13-6-4-5-11(10(13)8-15-17)16-12-7-9(2)19-14(12)18/h8-9,11-12,16H,3-7H2,1-2H3/t9-,11-,12+/m0/s1. The molecule has 0 aromatic carbocycles. The molecule has 0 spiro atoms. The zero-order valence-corrected chi connectivity index (χ0v) is 11.6. The van der Waals surface area contributed by atoms with Crippen molar-refractivity contribution in [2.75, 3.05) is 0 Å². The Morgan fingerprint density at radius 2 is 2.37 bits per heavy atom. The first kappa shape index (κ1) is 12.7. The van der Waals surface area contributed by atoms with E-state index < -0.39 is 0 Å². The van der Waals surface area contributed by atoms with Gasteiger partial charge in [-0.25, -0.2) is 0 Å². The topological polar surface area (TPSA) is 56.1 Å². The van der Waals surface area contributed by atoms with Crippen molar-refractivity contribution < 1.29 is 9.53 Å². The Labute approximate surface area is 113 Å². The van der Waals surface area contributed by atoms with Gasteiger partial charge in [0.1, 0.15) is 12.1 Å². The summed E-state index contributed by atoms with van der Waals surface area (Å²) in [6, 6.07) is 0.0860. The van der Waals surface area contributed by atoms with E-state index in [0.717, 1.165) is 32.2 Å². The van der Waals surface area contributed by atoms with Crippen molar-refractivity contribution >= 4 is 5.97 Å². The Bertz CT molecular complexity index is 483. The summed E-state index contributed by atoms with van der Waals surface area (Å²) in [5, 5.41) is 7.90. The fraction of sp³-hybridized carbons (Fsp3) is 0.714. The van der Waals surface area contributed by atoms with Gasteiger partial charge in [-0.1, -0.05) is 0 Å². The van der Waals surface area contributed by atoms with E-state index >= 15 is 0 Å². The van der Waals surface area contributed by atoms with E-state index in [4.69, 9.17) is 4.74 Å². The third kappa shape index (κ3) is 2.27. The molecule has 1 aliphatic carbocycles. The van der Waals surface area contributed by atoms with Crippen molar-refractivity contribution in [3.8, 4) is 0 Å². The van der Waals surface area contributed by atoms with Crippen molar-refractivity contribution in [3.05, 3.63) is 17.5 Å². The Kier molecular flexibility index (Phi) is 3.31. The van der Waals surface area contributed by atoms with E-state index in [2.05, 4.69) is 22.0 Å². The quantitative estimate of drug-likeness (QED) is 0.841. The van der Waals surface area contributed by atoms with E-state index in [9.17, 15) is 4.79 Å². The second-order valence-electron chi connectivity index (χ2n) is 5.51. The van der Waals surface area contributed by atoms with Crippen LogP contribution < -0.4 is 5.32 Å². The summed E-state index contributed by atoms with van der Waals surface area (Å²) in [4.78, 5) is 11.7. The molecule has 0 saturated carbocycles. The second-order valence-corrected chi connectivity index (χ2v) is 5.51. The zero-order chi connectivity index (χ0) is 13.4. The normalized spacial score (nSPS) is 30.2. The van der Waals surface area contributed by atoms with Crippen LogP contribution in [0.1, 0.15) is 50.4 Å². The lowest BCUT2D eigenvalue weighted by Gasteiger charge is -2.25. The largest absolute Gasteiger partial charge is 0.461 e. The minimum atomic E-state index is -0.157. The average Bonchev–Trinajstić information content (AvgIpc) is 2.94. The molecular formula is C14H21N3O2. The number of rotatable bonds is 3. The predicted octanol–water partition coefficient (Wildman–Crippen LogP) is 1.57. The Morgan fingerprint density at radius 1 is 1.53 bits per heavy atom. The van der Waals surface area contributed by atoms with Gasteiger partial charge >= 0.3 is 5.97 Å². The number of fused-ring (bicyclic) bond motifs is 1. The first-order chi connectivity index (χ1) is 9.19. The van der Waals surface area contributed by atoms with Crippen molar-refractivity contribution in [1.82, 2.24) is 15.1 Å². The number of carbonyl (C=O) groups is 1. The fourth-order valence-electron chi connectivity index (χ4n) is 3.20. The number of aromatic nitrogens is 2. The average molecular weight is 263 g/mol. The van der Waals surface area contributed by atoms with Gasteiger partial charge < -0.3 is 4.74 Å². The highest BCUT2D eigenvalue weighted by Gasteiger charge is 2.35. The van der Waals surface area contributed by atoms with Crippen LogP contribution in [0.3, 0.4) is 0 Å². The molecule has 104 valence electrons. The van der Waals surface area contributed by atoms with Gasteiger partial charge in [0.15, 0.2) is 0 Å². The van der Waals surface area contributed by atoms with E-state index in [0.29, 0.717) is 0 Å². The first-order valence-corrected chi connectivity index (χ1v) is 7.20. The maximum absolute atomic E-state index is 11.7. The fourth-order valence-corrected chi connectivity index (χ4v) is 3.20. The highest BCUT2D eigenvalue weighted by atomic mass is 16.6. The Hall–Kier alpha value is -1.36. The molecule has 0 radical (unpaired) electrons. The van der Waals surface area contributed by atoms with Crippen LogP contribution in [-0.2, 0) is 22.5 Å². The molecule has 1 aromatic heterocycles. The number of aryl methyl sites for hydroxylation is 1. The summed E-state index contributed by atoms with van der Waals surface area (Å²) < 4.78 is 7.28. The third-order valence-electron chi connectivity index (χ3n) is 4.13. The number of hydrogen-bond donors (Lipinski definition) is 1. The minimum absolute atomic E-state index is 0.0337. The predicted molar refractivity (Wildman–Crippen MR) is 70.7 cm³/mol. The lowest BCUT2D eigenvalue weighted by Crippen LogP contribution is -2.37. The van der Waals surface area contributed by atoms with Crippen LogP contribution in [0.2, 0.25) is 0 Å². The van der Waals surface area contributed by atoms with Gasteiger partial charge in [-0.2, -0.15) is 5.10 Å². The number of hydrogen-bond acceptors (Lipinski definition) is 4. The van der Waals surface area contributed by atoms with Crippen LogP contribution in [-0.4, -0.2) is 27.9 Å². The van der Waals surface area contributed by atoms with E-state index in [1.54, 1.807) is 0 Å². The lowest BCUT2D eigenvalue weighted by atomic mass is 9.92. The van der Waals surface area contributed by atoms with Gasteiger partial charge in [-0.3, -0.25) is 14.8 Å². The van der Waals surface area contributed by atoms with Crippen molar-refractivity contribution in [2.24, 2.45) is 0 Å². The Morgan fingerprint density at radius 3 is 3.05 bits per heavy atom. The molecule has 5 heteroatoms. The first-order valence-electron chi connectivity index (χ1n) is 7.20. The molecule has 19 heavy (non-hydrogen) atoms. The number of nitrogens with one attached hydrogen (secondary N) is 1. The number of esters is 1. The van der Waals surface area contributed by atoms with Crippen LogP contribution >= 0.6 is 0 Å². The number of nitrogens with zero attached hydrogens (tertiary/aromatic N) is 2. The summed E-state index contributed by atoms with van der Waals surface area (Å²) in [6.07, 6.45) is 6.07. The maximum Gasteiger partial charge on any atom is 0.323 e. The number of cyclic esters (lactones) is 1. The van der Waals surface area contributed by atoms with Gasteiger partial charge in [0.25, 0.3) is 0 Å². The molecule has 3 atom stereocenters. The third-order valence-corrected chi connectivity index (χ3v) is 4.13. The maximum atomic E-state index is 11.7. The summed E-state index contributed by atoms with van der Waals surface area (Å²) in [6.45, 7) is 4.96. The van der Waals surface area contributed by atoms with E-state index in [1.165, 1.54) is 11.3 Å². The molecule has 1 aromatic rings. The van der Waals surface area contributed by atoms with Crippen LogP contribution in [0.5, 0.6) is 0 Å². The molecular weight excluding hydrogens is 242 g/mol. The molecule has 3 rings (SSSR count). The van der Waals surface area contributed by atoms with Crippen LogP contribution in [0.25, 0.3) is 0 Å². The highest BCUT2D eigenvalue weighted by molar-refractivity contribution is 5.78. The second kappa shape index (κ2) is 4.96. The molecule has 1 saturated heterocycles. The number of ether oxygens (including phenoxy) is 1. The summed E-state index contributed by atoms with van der Waals surface area (Å²) >= 11 is 0. The lowest BCUT2D eigenvalue weighted by molar-refractivity contribution is -0.142. The molecule has 0 bridgehead atoms. The van der Waals surface area contributed by atoms with Gasteiger partial charge in [-0.15, -0.1) is 0 Å². The molecule has 1 N–H and O–H groups in total. The molecule has 2 heterocycles. The van der Waals surface area contributed by atoms with Crippen LogP contribution in [0, 0.1) is 0 Å². The molecule has 0 unspecified atom stereocenters. The van der Waals surface area contributed by atoms with Gasteiger partial charge in [0, 0.05) is 30.3 Å². The van der Waals surface area contributed by atoms with Crippen LogP contribution in [0.15, 0.2) is 6.20 Å². The summed E-state index contributed by atoms with van der Waals surface area (Å²) in [5.74, 6) is -0.109. The van der Waals surface area contributed by atoms with Crippen LogP contribution in [0.4, 0.5) is 0 Å². The smallest absolute Gasteiger partial charge is 0.323 e. The van der Waals surface area contributed by atoms with E-state index in [1.807, 2.05) is 13.1 Å². The SMILES string of the molecule is CCn1ncc2c1CCC[C@@H]2N[C@@H]1C[C@H](C)OC1=O. The molecule has 5 nitrogen and oxygen atoms in total. The molecule has 1 fully saturated rings.